The Morgan fingerprint density at radius 3 is 2.56 bits per heavy atom. The van der Waals surface area contributed by atoms with Crippen LogP contribution in [0.25, 0.3) is 0 Å². The average Bonchev–Trinajstić information content (AvgIpc) is 2.26. The van der Waals surface area contributed by atoms with E-state index in [0.717, 1.165) is 6.42 Å². The number of ether oxygens (including phenoxy) is 1. The second kappa shape index (κ2) is 6.40. The minimum Gasteiger partial charge on any atom is -0.434 e. The van der Waals surface area contributed by atoms with Crippen molar-refractivity contribution in [3.8, 4) is 5.75 Å². The molecule has 1 aromatic rings. The molecule has 0 aliphatic rings. The maximum absolute atomic E-state index is 12.1. The molecule has 0 aromatic heterocycles. The smallest absolute Gasteiger partial charge is 0.387 e. The number of halogens is 2. The first-order valence-corrected chi connectivity index (χ1v) is 5.14. The lowest BCUT2D eigenvalue weighted by Gasteiger charge is -2.16. The van der Waals surface area contributed by atoms with Crippen LogP contribution in [0.1, 0.15) is 24.4 Å². The van der Waals surface area contributed by atoms with Crippen molar-refractivity contribution in [1.82, 2.24) is 0 Å². The normalized spacial score (nSPS) is 12.8. The Hall–Kier alpha value is -1.20. The van der Waals surface area contributed by atoms with Crippen LogP contribution in [0, 0.1) is 0 Å². The molecule has 0 unspecified atom stereocenters. The number of alkyl halides is 2. The van der Waals surface area contributed by atoms with Crippen molar-refractivity contribution < 1.29 is 13.5 Å². The third-order valence-electron chi connectivity index (χ3n) is 2.25. The quantitative estimate of drug-likeness (QED) is 0.786. The largest absolute Gasteiger partial charge is 0.434 e. The third-order valence-corrected chi connectivity index (χ3v) is 2.25. The fourth-order valence-corrected chi connectivity index (χ4v) is 1.48. The highest BCUT2D eigenvalue weighted by Crippen LogP contribution is 2.27. The molecule has 1 aromatic carbocycles. The summed E-state index contributed by atoms with van der Waals surface area (Å²) in [6.45, 7) is -2.30. The molecule has 5 heteroatoms. The lowest BCUT2D eigenvalue weighted by molar-refractivity contribution is -0.0506. The van der Waals surface area contributed by atoms with Crippen LogP contribution in [0.5, 0.6) is 5.75 Å². The van der Waals surface area contributed by atoms with Crippen molar-refractivity contribution in [3.63, 3.8) is 0 Å². The van der Waals surface area contributed by atoms with Gasteiger partial charge in [0.05, 0.1) is 0 Å². The summed E-state index contributed by atoms with van der Waals surface area (Å²) in [6.07, 6.45) is 1.41. The zero-order chi connectivity index (χ0) is 12.0. The van der Waals surface area contributed by atoms with Crippen molar-refractivity contribution in [3.05, 3.63) is 29.8 Å². The van der Waals surface area contributed by atoms with Gasteiger partial charge in [-0.2, -0.15) is 8.78 Å². The molecule has 1 rings (SSSR count). The lowest BCUT2D eigenvalue weighted by Crippen LogP contribution is -2.15. The minimum atomic E-state index is -2.83. The number of hydrogen-bond acceptors (Lipinski definition) is 3. The molecule has 0 spiro atoms. The number of para-hydroxylation sites is 1. The zero-order valence-corrected chi connectivity index (χ0v) is 8.90. The van der Waals surface area contributed by atoms with Gasteiger partial charge in [-0.15, -0.1) is 0 Å². The molecule has 0 aliphatic heterocycles. The summed E-state index contributed by atoms with van der Waals surface area (Å²) in [5, 5.41) is 0. The predicted octanol–water partition coefficient (Wildman–Crippen LogP) is 2.03. The maximum Gasteiger partial charge on any atom is 0.387 e. The van der Waals surface area contributed by atoms with E-state index in [1.807, 2.05) is 0 Å². The second-order valence-electron chi connectivity index (χ2n) is 3.45. The Labute approximate surface area is 93.4 Å². The van der Waals surface area contributed by atoms with Gasteiger partial charge in [0, 0.05) is 11.6 Å². The summed E-state index contributed by atoms with van der Waals surface area (Å²) >= 11 is 0. The van der Waals surface area contributed by atoms with Crippen LogP contribution in [0.15, 0.2) is 24.3 Å². The van der Waals surface area contributed by atoms with Gasteiger partial charge in [-0.3, -0.25) is 0 Å². The van der Waals surface area contributed by atoms with Crippen molar-refractivity contribution in [2.75, 3.05) is 6.54 Å². The van der Waals surface area contributed by atoms with Gasteiger partial charge in [-0.05, 0) is 25.5 Å². The number of nitrogens with two attached hydrogens (primary N) is 2. The molecule has 0 saturated heterocycles. The number of hydrogen-bond donors (Lipinski definition) is 2. The van der Waals surface area contributed by atoms with Crippen molar-refractivity contribution >= 4 is 0 Å². The fraction of sp³-hybridized carbons (Fsp3) is 0.455. The number of rotatable bonds is 6. The van der Waals surface area contributed by atoms with Crippen LogP contribution in [0.4, 0.5) is 8.78 Å². The summed E-state index contributed by atoms with van der Waals surface area (Å²) < 4.78 is 28.7. The Balaban J connectivity index is 2.76. The topological polar surface area (TPSA) is 61.3 Å². The van der Waals surface area contributed by atoms with Crippen molar-refractivity contribution in [2.24, 2.45) is 11.5 Å². The van der Waals surface area contributed by atoms with Gasteiger partial charge in [0.2, 0.25) is 0 Å². The van der Waals surface area contributed by atoms with Gasteiger partial charge in [-0.25, -0.2) is 0 Å². The van der Waals surface area contributed by atoms with E-state index in [1.165, 1.54) is 6.07 Å². The summed E-state index contributed by atoms with van der Waals surface area (Å²) in [6, 6.07) is 6.24. The molecular formula is C11H16F2N2O. The molecule has 0 amide bonds. The first-order valence-electron chi connectivity index (χ1n) is 5.14. The van der Waals surface area contributed by atoms with Gasteiger partial charge < -0.3 is 16.2 Å². The Morgan fingerprint density at radius 2 is 1.94 bits per heavy atom. The van der Waals surface area contributed by atoms with Crippen LogP contribution in [-0.2, 0) is 0 Å². The van der Waals surface area contributed by atoms with Gasteiger partial charge in [0.1, 0.15) is 5.75 Å². The highest BCUT2D eigenvalue weighted by molar-refractivity contribution is 5.35. The van der Waals surface area contributed by atoms with Gasteiger partial charge in [0.25, 0.3) is 0 Å². The van der Waals surface area contributed by atoms with Crippen LogP contribution >= 0.6 is 0 Å². The van der Waals surface area contributed by atoms with E-state index < -0.39 is 6.61 Å². The molecule has 0 radical (unpaired) electrons. The molecule has 1 atom stereocenters. The van der Waals surface area contributed by atoms with E-state index in [4.69, 9.17) is 11.5 Å². The standard InChI is InChI=1S/C11H16F2N2O/c12-11(13)16-10-6-2-1-4-8(10)9(15)5-3-7-14/h1-2,4,6,9,11H,3,5,7,14-15H2/t9-/m1/s1. The molecule has 0 saturated carbocycles. The van der Waals surface area contributed by atoms with E-state index in [0.29, 0.717) is 18.5 Å². The maximum atomic E-state index is 12.1. The lowest BCUT2D eigenvalue weighted by atomic mass is 10.0. The zero-order valence-electron chi connectivity index (χ0n) is 8.90. The van der Waals surface area contributed by atoms with E-state index >= 15 is 0 Å². The van der Waals surface area contributed by atoms with Crippen molar-refractivity contribution in [1.29, 1.82) is 0 Å². The van der Waals surface area contributed by atoms with Gasteiger partial charge in [-0.1, -0.05) is 18.2 Å². The highest BCUT2D eigenvalue weighted by atomic mass is 19.3. The molecule has 0 bridgehead atoms. The SMILES string of the molecule is NCCC[C@@H](N)c1ccccc1OC(F)F. The summed E-state index contributed by atoms with van der Waals surface area (Å²) in [5.41, 5.74) is 11.8. The third kappa shape index (κ3) is 3.75. The Bertz CT molecular complexity index is 321. The molecule has 16 heavy (non-hydrogen) atoms. The molecule has 0 aliphatic carbocycles. The van der Waals surface area contributed by atoms with E-state index in [1.54, 1.807) is 18.2 Å². The first-order chi connectivity index (χ1) is 7.65. The van der Waals surface area contributed by atoms with Gasteiger partial charge >= 0.3 is 6.61 Å². The molecule has 4 N–H and O–H groups in total. The molecule has 3 nitrogen and oxygen atoms in total. The summed E-state index contributed by atoms with van der Waals surface area (Å²) in [5.74, 6) is 0.141. The monoisotopic (exact) mass is 230 g/mol. The first kappa shape index (κ1) is 12.9. The Morgan fingerprint density at radius 1 is 1.25 bits per heavy atom. The van der Waals surface area contributed by atoms with Crippen LogP contribution in [0.2, 0.25) is 0 Å². The fourth-order valence-electron chi connectivity index (χ4n) is 1.48. The van der Waals surface area contributed by atoms with Crippen LogP contribution < -0.4 is 16.2 Å². The minimum absolute atomic E-state index is 0.141. The van der Waals surface area contributed by atoms with E-state index in [9.17, 15) is 8.78 Å². The molecule has 0 fully saturated rings. The predicted molar refractivity (Wildman–Crippen MR) is 58.3 cm³/mol. The van der Waals surface area contributed by atoms with E-state index in [2.05, 4.69) is 4.74 Å². The summed E-state index contributed by atoms with van der Waals surface area (Å²) in [4.78, 5) is 0. The highest BCUT2D eigenvalue weighted by Gasteiger charge is 2.14. The molecule has 0 heterocycles. The average molecular weight is 230 g/mol. The molecule has 90 valence electrons. The van der Waals surface area contributed by atoms with Crippen LogP contribution in [0.3, 0.4) is 0 Å². The van der Waals surface area contributed by atoms with Gasteiger partial charge in [0.15, 0.2) is 0 Å². The van der Waals surface area contributed by atoms with E-state index in [-0.39, 0.29) is 11.8 Å². The summed E-state index contributed by atoms with van der Waals surface area (Å²) in [7, 11) is 0. The second-order valence-corrected chi connectivity index (χ2v) is 3.45. The van der Waals surface area contributed by atoms with Crippen molar-refractivity contribution in [2.45, 2.75) is 25.5 Å². The number of benzene rings is 1. The molecular weight excluding hydrogens is 214 g/mol. The van der Waals surface area contributed by atoms with Crippen LogP contribution in [-0.4, -0.2) is 13.2 Å². The Kier molecular flexibility index (Phi) is 5.14.